The molecule has 1 rings (SSSR count). The van der Waals surface area contributed by atoms with Gasteiger partial charge in [0.1, 0.15) is 0 Å². The van der Waals surface area contributed by atoms with Crippen molar-refractivity contribution in [1.82, 2.24) is 5.32 Å². The molecule has 15 heavy (non-hydrogen) atoms. The predicted octanol–water partition coefficient (Wildman–Crippen LogP) is 1.72. The van der Waals surface area contributed by atoms with Crippen molar-refractivity contribution >= 4 is 7.60 Å². The summed E-state index contributed by atoms with van der Waals surface area (Å²) in [5.74, 6) is 0.108. The fraction of sp³-hybridized carbons (Fsp3) is 1.00. The van der Waals surface area contributed by atoms with Gasteiger partial charge in [0.05, 0.1) is 6.16 Å². The number of hydrogen-bond donors (Lipinski definition) is 3. The molecule has 3 N–H and O–H groups in total. The molecule has 0 aromatic rings. The molecule has 0 aromatic heterocycles. The number of hydrogen-bond acceptors (Lipinski definition) is 2. The van der Waals surface area contributed by atoms with Gasteiger partial charge in [-0.1, -0.05) is 0 Å². The fourth-order valence-corrected chi connectivity index (χ4v) is 3.93. The highest BCUT2D eigenvalue weighted by Gasteiger charge is 2.39. The van der Waals surface area contributed by atoms with Crippen LogP contribution < -0.4 is 5.32 Å². The Kier molecular flexibility index (Phi) is 3.38. The Morgan fingerprint density at radius 1 is 1.20 bits per heavy atom. The van der Waals surface area contributed by atoms with Gasteiger partial charge in [-0.25, -0.2) is 0 Å². The first kappa shape index (κ1) is 13.2. The summed E-state index contributed by atoms with van der Waals surface area (Å²) in [4.78, 5) is 18.0. The third-order valence-corrected chi connectivity index (χ3v) is 3.76. The third kappa shape index (κ3) is 4.64. The molecule has 0 aromatic carbocycles. The molecule has 0 unspecified atom stereocenters. The lowest BCUT2D eigenvalue weighted by Crippen LogP contribution is -2.58. The minimum absolute atomic E-state index is 0.0154. The van der Waals surface area contributed by atoms with Gasteiger partial charge in [0.15, 0.2) is 0 Å². The normalized spacial score (nSPS) is 26.5. The van der Waals surface area contributed by atoms with Crippen LogP contribution in [0.4, 0.5) is 0 Å². The van der Waals surface area contributed by atoms with Crippen LogP contribution in [0.5, 0.6) is 0 Å². The highest BCUT2D eigenvalue weighted by molar-refractivity contribution is 7.51. The SMILES string of the molecule is CC1(C)CC(CP(=O)(O)O)CC(C)(C)N1. The van der Waals surface area contributed by atoms with Crippen molar-refractivity contribution in [3.8, 4) is 0 Å². The molecule has 0 amide bonds. The summed E-state index contributed by atoms with van der Waals surface area (Å²) in [5.41, 5.74) is -0.0802. The largest absolute Gasteiger partial charge is 0.325 e. The van der Waals surface area contributed by atoms with Crippen LogP contribution in [-0.2, 0) is 4.57 Å². The fourth-order valence-electron chi connectivity index (χ4n) is 3.00. The second-order valence-electron chi connectivity index (χ2n) is 6.01. The number of piperidine rings is 1. The van der Waals surface area contributed by atoms with Crippen LogP contribution in [0, 0.1) is 5.92 Å². The standard InChI is InChI=1S/C10H22NO3P/c1-9(2)5-8(7-15(12,13)14)6-10(3,4)11-9/h8,11H,5-7H2,1-4H3,(H2,12,13,14). The molecule has 0 aliphatic carbocycles. The Bertz CT molecular complexity index is 266. The monoisotopic (exact) mass is 235 g/mol. The van der Waals surface area contributed by atoms with Gasteiger partial charge in [0.2, 0.25) is 0 Å². The van der Waals surface area contributed by atoms with E-state index >= 15 is 0 Å². The Balaban J connectivity index is 2.72. The summed E-state index contributed by atoms with van der Waals surface area (Å²) in [6.45, 7) is 8.34. The molecule has 0 saturated carbocycles. The van der Waals surface area contributed by atoms with Crippen molar-refractivity contribution in [2.24, 2.45) is 5.92 Å². The van der Waals surface area contributed by atoms with E-state index in [9.17, 15) is 4.57 Å². The molecule has 1 saturated heterocycles. The molecule has 0 atom stereocenters. The zero-order valence-electron chi connectivity index (χ0n) is 9.95. The van der Waals surface area contributed by atoms with Gasteiger partial charge in [-0.3, -0.25) is 4.57 Å². The molecule has 5 heteroatoms. The van der Waals surface area contributed by atoms with Gasteiger partial charge >= 0.3 is 7.60 Å². The lowest BCUT2D eigenvalue weighted by molar-refractivity contribution is 0.136. The smallest absolute Gasteiger partial charge is 0.324 e. The van der Waals surface area contributed by atoms with Crippen LogP contribution in [0.1, 0.15) is 40.5 Å². The molecule has 1 aliphatic heterocycles. The van der Waals surface area contributed by atoms with E-state index in [-0.39, 0.29) is 23.2 Å². The van der Waals surface area contributed by atoms with E-state index in [0.717, 1.165) is 12.8 Å². The lowest BCUT2D eigenvalue weighted by Gasteiger charge is -2.46. The molecule has 1 fully saturated rings. The zero-order chi connectivity index (χ0) is 11.9. The van der Waals surface area contributed by atoms with Crippen molar-refractivity contribution in [2.75, 3.05) is 6.16 Å². The van der Waals surface area contributed by atoms with Crippen molar-refractivity contribution < 1.29 is 14.4 Å². The van der Waals surface area contributed by atoms with Crippen LogP contribution >= 0.6 is 7.60 Å². The van der Waals surface area contributed by atoms with Crippen LogP contribution in [-0.4, -0.2) is 27.0 Å². The molecule has 0 bridgehead atoms. The molecule has 90 valence electrons. The minimum Gasteiger partial charge on any atom is -0.324 e. The van der Waals surface area contributed by atoms with Gasteiger partial charge in [-0.15, -0.1) is 0 Å². The maximum atomic E-state index is 11.0. The second-order valence-corrected chi connectivity index (χ2v) is 7.71. The molecule has 0 spiro atoms. The van der Waals surface area contributed by atoms with Crippen LogP contribution in [0.3, 0.4) is 0 Å². The number of rotatable bonds is 2. The number of nitrogens with one attached hydrogen (secondary N) is 1. The molecular weight excluding hydrogens is 213 g/mol. The van der Waals surface area contributed by atoms with E-state index in [2.05, 4.69) is 33.0 Å². The summed E-state index contributed by atoms with van der Waals surface area (Å²) in [6.07, 6.45) is 1.66. The van der Waals surface area contributed by atoms with Gasteiger partial charge < -0.3 is 15.1 Å². The minimum atomic E-state index is -3.87. The first-order valence-corrected chi connectivity index (χ1v) is 7.13. The van der Waals surface area contributed by atoms with Gasteiger partial charge in [-0.05, 0) is 46.5 Å². The van der Waals surface area contributed by atoms with Crippen molar-refractivity contribution in [2.45, 2.75) is 51.6 Å². The average Bonchev–Trinajstić information content (AvgIpc) is 1.70. The third-order valence-electron chi connectivity index (χ3n) is 2.77. The van der Waals surface area contributed by atoms with Crippen molar-refractivity contribution in [3.63, 3.8) is 0 Å². The first-order chi connectivity index (χ1) is 6.49. The molecule has 4 nitrogen and oxygen atoms in total. The van der Waals surface area contributed by atoms with E-state index < -0.39 is 7.60 Å². The van der Waals surface area contributed by atoms with E-state index in [1.165, 1.54) is 0 Å². The summed E-state index contributed by atoms with van der Waals surface area (Å²) >= 11 is 0. The molecule has 1 heterocycles. The van der Waals surface area contributed by atoms with E-state index in [1.807, 2.05) is 0 Å². The van der Waals surface area contributed by atoms with Gasteiger partial charge in [0.25, 0.3) is 0 Å². The van der Waals surface area contributed by atoms with Crippen molar-refractivity contribution in [1.29, 1.82) is 0 Å². The summed E-state index contributed by atoms with van der Waals surface area (Å²) in [5, 5.41) is 3.49. The van der Waals surface area contributed by atoms with Crippen LogP contribution in [0.15, 0.2) is 0 Å². The summed E-state index contributed by atoms with van der Waals surface area (Å²) in [7, 11) is -3.87. The lowest BCUT2D eigenvalue weighted by atomic mass is 9.77. The highest BCUT2D eigenvalue weighted by atomic mass is 31.2. The Morgan fingerprint density at radius 3 is 1.93 bits per heavy atom. The quantitative estimate of drug-likeness (QED) is 0.637. The predicted molar refractivity (Wildman–Crippen MR) is 60.9 cm³/mol. The average molecular weight is 235 g/mol. The first-order valence-electron chi connectivity index (χ1n) is 5.33. The maximum absolute atomic E-state index is 11.0. The van der Waals surface area contributed by atoms with Gasteiger partial charge in [0, 0.05) is 11.1 Å². The Hall–Kier alpha value is 0.110. The molecule has 0 radical (unpaired) electrons. The zero-order valence-corrected chi connectivity index (χ0v) is 10.8. The molecular formula is C10H22NO3P. The van der Waals surface area contributed by atoms with Crippen LogP contribution in [0.2, 0.25) is 0 Å². The summed E-state index contributed by atoms with van der Waals surface area (Å²) in [6, 6.07) is 0. The topological polar surface area (TPSA) is 69.6 Å². The van der Waals surface area contributed by atoms with E-state index in [4.69, 9.17) is 9.79 Å². The molecule has 1 aliphatic rings. The van der Waals surface area contributed by atoms with E-state index in [0.29, 0.717) is 0 Å². The van der Waals surface area contributed by atoms with E-state index in [1.54, 1.807) is 0 Å². The van der Waals surface area contributed by atoms with Gasteiger partial charge in [-0.2, -0.15) is 0 Å². The highest BCUT2D eigenvalue weighted by Crippen LogP contribution is 2.43. The summed E-state index contributed by atoms with van der Waals surface area (Å²) < 4.78 is 11.0. The second kappa shape index (κ2) is 3.85. The maximum Gasteiger partial charge on any atom is 0.325 e. The Morgan fingerprint density at radius 2 is 1.60 bits per heavy atom. The van der Waals surface area contributed by atoms with Crippen LogP contribution in [0.25, 0.3) is 0 Å². The van der Waals surface area contributed by atoms with Crippen molar-refractivity contribution in [3.05, 3.63) is 0 Å². The Labute approximate surface area is 91.6 Å².